The summed E-state index contributed by atoms with van der Waals surface area (Å²) < 4.78 is 7.42. The minimum Gasteiger partial charge on any atom is -0.375 e. The number of nitrogens with zero attached hydrogens (tertiary/aromatic N) is 3. The number of thiocarbonyl (C=S) groups is 1. The van der Waals surface area contributed by atoms with Crippen molar-refractivity contribution in [3.05, 3.63) is 76.9 Å². The number of carbonyl (C=O) groups excluding carboxylic acids is 1. The van der Waals surface area contributed by atoms with Gasteiger partial charge in [-0.25, -0.2) is 0 Å². The molecular formula is C27H31N5O2S. The Hall–Kier alpha value is -3.23. The topological polar surface area (TPSA) is 71.4 Å². The first kappa shape index (κ1) is 23.5. The van der Waals surface area contributed by atoms with E-state index in [-0.39, 0.29) is 24.6 Å². The summed E-state index contributed by atoms with van der Waals surface area (Å²) in [7, 11) is 1.51. The van der Waals surface area contributed by atoms with Crippen molar-refractivity contribution >= 4 is 34.6 Å². The Morgan fingerprint density at radius 3 is 2.66 bits per heavy atom. The molecule has 8 heteroatoms. The Morgan fingerprint density at radius 1 is 1.20 bits per heavy atom. The summed E-state index contributed by atoms with van der Waals surface area (Å²) in [5, 5.41) is 7.13. The highest BCUT2D eigenvalue weighted by molar-refractivity contribution is 7.80. The predicted molar refractivity (Wildman–Crippen MR) is 142 cm³/mol. The fourth-order valence-electron chi connectivity index (χ4n) is 5.20. The second kappa shape index (κ2) is 9.43. The van der Waals surface area contributed by atoms with Gasteiger partial charge in [-0.3, -0.25) is 9.78 Å². The Morgan fingerprint density at radius 2 is 2.00 bits per heavy atom. The van der Waals surface area contributed by atoms with Crippen molar-refractivity contribution in [2.75, 3.05) is 23.9 Å². The van der Waals surface area contributed by atoms with E-state index in [0.717, 1.165) is 22.6 Å². The first-order valence-electron chi connectivity index (χ1n) is 12.0. The maximum absolute atomic E-state index is 12.0. The van der Waals surface area contributed by atoms with E-state index in [2.05, 4.69) is 57.1 Å². The molecule has 0 unspecified atom stereocenters. The molecule has 2 aliphatic rings. The molecule has 1 aromatic carbocycles. The van der Waals surface area contributed by atoms with Crippen LogP contribution in [-0.4, -0.2) is 34.3 Å². The second-order valence-corrected chi connectivity index (χ2v) is 9.79. The fourth-order valence-corrected chi connectivity index (χ4v) is 5.55. The lowest BCUT2D eigenvalue weighted by Gasteiger charge is -2.29. The summed E-state index contributed by atoms with van der Waals surface area (Å²) >= 11 is 5.90. The highest BCUT2D eigenvalue weighted by Crippen LogP contribution is 2.46. The van der Waals surface area contributed by atoms with Gasteiger partial charge in [0.15, 0.2) is 5.11 Å². The van der Waals surface area contributed by atoms with Crippen LogP contribution in [0.5, 0.6) is 0 Å². The van der Waals surface area contributed by atoms with Crippen LogP contribution in [0.3, 0.4) is 0 Å². The van der Waals surface area contributed by atoms with Crippen molar-refractivity contribution in [2.45, 2.75) is 51.7 Å². The molecule has 2 aromatic heterocycles. The Kier molecular flexibility index (Phi) is 6.34. The van der Waals surface area contributed by atoms with Crippen molar-refractivity contribution in [3.63, 3.8) is 0 Å². The van der Waals surface area contributed by atoms with Crippen LogP contribution in [-0.2, 0) is 9.53 Å². The average molecular weight is 490 g/mol. The molecule has 2 atom stereocenters. The Bertz CT molecular complexity index is 1270. The lowest BCUT2D eigenvalue weighted by atomic mass is 9.96. The van der Waals surface area contributed by atoms with Gasteiger partial charge in [0, 0.05) is 42.1 Å². The van der Waals surface area contributed by atoms with E-state index in [9.17, 15) is 4.79 Å². The Labute approximate surface area is 211 Å². The van der Waals surface area contributed by atoms with E-state index >= 15 is 0 Å². The van der Waals surface area contributed by atoms with E-state index in [0.29, 0.717) is 11.2 Å². The van der Waals surface area contributed by atoms with Gasteiger partial charge in [0.2, 0.25) is 5.91 Å². The Balaban J connectivity index is 1.57. The number of benzene rings is 1. The summed E-state index contributed by atoms with van der Waals surface area (Å²) in [5.41, 5.74) is 7.48. The smallest absolute Gasteiger partial charge is 0.250 e. The molecular weight excluding hydrogens is 458 g/mol. The minimum atomic E-state index is -0.178. The van der Waals surface area contributed by atoms with Crippen LogP contribution in [0.15, 0.2) is 48.7 Å². The number of hydrogen-bond acceptors (Lipinski definition) is 4. The average Bonchev–Trinajstić information content (AvgIpc) is 3.54. The zero-order valence-corrected chi connectivity index (χ0v) is 21.4. The third kappa shape index (κ3) is 4.44. The number of aromatic nitrogens is 2. The molecule has 2 N–H and O–H groups in total. The molecule has 3 heterocycles. The number of pyridine rings is 1. The van der Waals surface area contributed by atoms with Crippen LogP contribution >= 0.6 is 12.2 Å². The summed E-state index contributed by atoms with van der Waals surface area (Å²) in [5.74, 6) is -0.178. The molecule has 3 aromatic rings. The molecule has 182 valence electrons. The minimum absolute atomic E-state index is 0.0196. The van der Waals surface area contributed by atoms with E-state index in [1.165, 1.54) is 36.9 Å². The maximum Gasteiger partial charge on any atom is 0.250 e. The van der Waals surface area contributed by atoms with E-state index in [4.69, 9.17) is 17.0 Å². The van der Waals surface area contributed by atoms with Gasteiger partial charge in [0.05, 0.1) is 17.8 Å². The lowest BCUT2D eigenvalue weighted by molar-refractivity contribution is -0.119. The first-order chi connectivity index (χ1) is 16.9. The SMILES string of the molecule is COCC(=O)Nc1ccc(N2C(=S)N[C@@H](c3ccccn3)[C@@H]2c2cc(C)n(C3CC3)c2C)cc1C. The largest absolute Gasteiger partial charge is 0.375 e. The van der Waals surface area contributed by atoms with E-state index in [1.54, 1.807) is 0 Å². The molecule has 0 bridgehead atoms. The normalized spacial score (nSPS) is 19.7. The van der Waals surface area contributed by atoms with E-state index in [1.807, 2.05) is 37.4 Å². The quantitative estimate of drug-likeness (QED) is 0.460. The monoisotopic (exact) mass is 489 g/mol. The second-order valence-electron chi connectivity index (χ2n) is 9.40. The van der Waals surface area contributed by atoms with Crippen molar-refractivity contribution in [1.82, 2.24) is 14.9 Å². The maximum atomic E-state index is 12.0. The summed E-state index contributed by atoms with van der Waals surface area (Å²) in [6.45, 7) is 6.42. The van der Waals surface area contributed by atoms with Crippen molar-refractivity contribution in [1.29, 1.82) is 0 Å². The fraction of sp³-hybridized carbons (Fsp3) is 0.370. The first-order valence-corrected chi connectivity index (χ1v) is 12.4. The molecule has 1 saturated carbocycles. The molecule has 0 spiro atoms. The van der Waals surface area contributed by atoms with Gasteiger partial charge in [-0.1, -0.05) is 6.07 Å². The van der Waals surface area contributed by atoms with Crippen LogP contribution in [0.1, 0.15) is 59.2 Å². The number of methoxy groups -OCH3 is 1. The highest BCUT2D eigenvalue weighted by Gasteiger charge is 2.43. The van der Waals surface area contributed by atoms with Gasteiger partial charge in [-0.2, -0.15) is 0 Å². The van der Waals surface area contributed by atoms with Gasteiger partial charge >= 0.3 is 0 Å². The van der Waals surface area contributed by atoms with Gasteiger partial charge in [0.1, 0.15) is 6.61 Å². The molecule has 7 nitrogen and oxygen atoms in total. The zero-order chi connectivity index (χ0) is 24.7. The number of anilines is 2. The molecule has 35 heavy (non-hydrogen) atoms. The molecule has 5 rings (SSSR count). The number of nitrogens with one attached hydrogen (secondary N) is 2. The summed E-state index contributed by atoms with van der Waals surface area (Å²) in [6.07, 6.45) is 4.30. The van der Waals surface area contributed by atoms with Gasteiger partial charge in [0.25, 0.3) is 0 Å². The number of ether oxygens (including phenoxy) is 1. The third-order valence-electron chi connectivity index (χ3n) is 6.89. The van der Waals surface area contributed by atoms with Crippen LogP contribution in [0, 0.1) is 20.8 Å². The number of rotatable bonds is 7. The molecule has 2 fully saturated rings. The number of carbonyl (C=O) groups is 1. The van der Waals surface area contributed by atoms with Crippen molar-refractivity contribution in [3.8, 4) is 0 Å². The van der Waals surface area contributed by atoms with Gasteiger partial charge < -0.3 is 24.8 Å². The summed E-state index contributed by atoms with van der Waals surface area (Å²) in [4.78, 5) is 18.9. The van der Waals surface area contributed by atoms with Gasteiger partial charge in [-0.15, -0.1) is 0 Å². The molecule has 1 amide bonds. The standard InChI is InChI=1S/C27H31N5O2S/c1-16-13-20(10-11-22(16)29-24(33)15-34-4)32-26(21-14-17(2)31(18(21)3)19-8-9-19)25(30-27(32)35)23-7-5-6-12-28-23/h5-7,10-14,19,25-26H,8-9,15H2,1-4H3,(H,29,33)(H,30,35)/t25-,26-/m0/s1. The molecule has 1 aliphatic carbocycles. The van der Waals surface area contributed by atoms with Crippen molar-refractivity contribution < 1.29 is 9.53 Å². The van der Waals surface area contributed by atoms with Crippen LogP contribution in [0.4, 0.5) is 11.4 Å². The number of aryl methyl sites for hydroxylation is 2. The molecule has 0 radical (unpaired) electrons. The summed E-state index contributed by atoms with van der Waals surface area (Å²) in [6, 6.07) is 14.8. The third-order valence-corrected chi connectivity index (χ3v) is 7.20. The van der Waals surface area contributed by atoms with Crippen LogP contribution < -0.4 is 15.5 Å². The van der Waals surface area contributed by atoms with Crippen LogP contribution in [0.2, 0.25) is 0 Å². The molecule has 1 aliphatic heterocycles. The van der Waals surface area contributed by atoms with Gasteiger partial charge in [-0.05, 0) is 93.4 Å². The highest BCUT2D eigenvalue weighted by atomic mass is 32.1. The van der Waals surface area contributed by atoms with Crippen molar-refractivity contribution in [2.24, 2.45) is 0 Å². The number of hydrogen-bond donors (Lipinski definition) is 2. The molecule has 1 saturated heterocycles. The zero-order valence-electron chi connectivity index (χ0n) is 20.5. The predicted octanol–water partition coefficient (Wildman–Crippen LogP) is 4.91. The number of amides is 1. The lowest BCUT2D eigenvalue weighted by Crippen LogP contribution is -2.29. The van der Waals surface area contributed by atoms with Crippen LogP contribution in [0.25, 0.3) is 0 Å². The van der Waals surface area contributed by atoms with E-state index < -0.39 is 0 Å².